The molecular weight excluding hydrogens is 314 g/mol. The highest BCUT2D eigenvalue weighted by atomic mass is 31.3. The van der Waals surface area contributed by atoms with Crippen LogP contribution < -0.4 is 9.47 Å². The Labute approximate surface area is 114 Å². The Morgan fingerprint density at radius 2 is 1.65 bits per heavy atom. The maximum Gasteiger partial charge on any atom is 0.481 e. The molecule has 0 heterocycles. The summed E-state index contributed by atoms with van der Waals surface area (Å²) in [7, 11) is -7.12. The van der Waals surface area contributed by atoms with Crippen LogP contribution in [0.5, 0.6) is 11.5 Å². The first kappa shape index (κ1) is 17.1. The van der Waals surface area contributed by atoms with E-state index in [0.29, 0.717) is 17.1 Å². The first-order valence-corrected chi connectivity index (χ1v) is 8.14. The summed E-state index contributed by atoms with van der Waals surface area (Å²) in [6.45, 7) is -0.409. The largest absolute Gasteiger partial charge is 0.493 e. The maximum atomic E-state index is 11.2. The summed E-state index contributed by atoms with van der Waals surface area (Å²) in [5.41, 5.74) is 0.422. The standard InChI is InChI=1S/C9H14O9P2/c1-15-8-4-3-7(5-9(8)16-2)6-17-20(13,14)18-19(10,11)12/h3-5H,6H2,1-2H3,(H,13,14)(H2,10,11,12). The van der Waals surface area contributed by atoms with Gasteiger partial charge in [0.25, 0.3) is 0 Å². The molecule has 1 aromatic carbocycles. The van der Waals surface area contributed by atoms with Crippen molar-refractivity contribution in [2.75, 3.05) is 14.2 Å². The van der Waals surface area contributed by atoms with E-state index >= 15 is 0 Å². The number of benzene rings is 1. The lowest BCUT2D eigenvalue weighted by Crippen LogP contribution is -1.97. The molecule has 0 aliphatic rings. The maximum absolute atomic E-state index is 11.2. The highest BCUT2D eigenvalue weighted by molar-refractivity contribution is 7.60. The molecule has 0 spiro atoms. The molecule has 0 aliphatic heterocycles. The van der Waals surface area contributed by atoms with Gasteiger partial charge < -0.3 is 24.2 Å². The van der Waals surface area contributed by atoms with Crippen LogP contribution in [0.25, 0.3) is 0 Å². The minimum Gasteiger partial charge on any atom is -0.493 e. The fourth-order valence-electron chi connectivity index (χ4n) is 1.28. The van der Waals surface area contributed by atoms with E-state index in [1.807, 2.05) is 0 Å². The van der Waals surface area contributed by atoms with E-state index in [9.17, 15) is 9.13 Å². The van der Waals surface area contributed by atoms with Gasteiger partial charge in [-0.05, 0) is 17.7 Å². The molecule has 0 amide bonds. The summed E-state index contributed by atoms with van der Waals surface area (Å²) in [6.07, 6.45) is 0. The van der Waals surface area contributed by atoms with Crippen molar-refractivity contribution >= 4 is 15.6 Å². The fraction of sp³-hybridized carbons (Fsp3) is 0.333. The van der Waals surface area contributed by atoms with Crippen molar-refractivity contribution in [1.82, 2.24) is 0 Å². The Kier molecular flexibility index (Phi) is 5.73. The molecule has 1 rings (SSSR count). The second kappa shape index (κ2) is 6.69. The highest BCUT2D eigenvalue weighted by Crippen LogP contribution is 2.57. The molecule has 0 radical (unpaired) electrons. The zero-order chi connectivity index (χ0) is 15.4. The van der Waals surface area contributed by atoms with Gasteiger partial charge in [-0.1, -0.05) is 6.07 Å². The van der Waals surface area contributed by atoms with Gasteiger partial charge in [-0.15, -0.1) is 0 Å². The van der Waals surface area contributed by atoms with Crippen molar-refractivity contribution in [2.45, 2.75) is 6.61 Å². The van der Waals surface area contributed by atoms with E-state index in [-0.39, 0.29) is 0 Å². The van der Waals surface area contributed by atoms with Crippen molar-refractivity contribution in [1.29, 1.82) is 0 Å². The topological polar surface area (TPSA) is 132 Å². The van der Waals surface area contributed by atoms with E-state index < -0.39 is 22.3 Å². The first-order chi connectivity index (χ1) is 9.17. The minimum atomic E-state index is -5.12. The lowest BCUT2D eigenvalue weighted by atomic mass is 10.2. The molecule has 0 saturated heterocycles. The Balaban J connectivity index is 2.75. The van der Waals surface area contributed by atoms with Crippen LogP contribution in [0.15, 0.2) is 18.2 Å². The second-order valence-corrected chi connectivity index (χ2v) is 6.33. The third-order valence-corrected chi connectivity index (χ3v) is 4.18. The average molecular weight is 328 g/mol. The molecule has 20 heavy (non-hydrogen) atoms. The molecule has 114 valence electrons. The summed E-state index contributed by atoms with van der Waals surface area (Å²) in [4.78, 5) is 26.0. The van der Waals surface area contributed by atoms with Gasteiger partial charge in [-0.25, -0.2) is 9.13 Å². The smallest absolute Gasteiger partial charge is 0.481 e. The summed E-state index contributed by atoms with van der Waals surface area (Å²) in [5.74, 6) is 0.826. The van der Waals surface area contributed by atoms with Crippen LogP contribution in [0.1, 0.15) is 5.56 Å². The third-order valence-electron chi connectivity index (χ3n) is 2.05. The van der Waals surface area contributed by atoms with E-state index in [1.165, 1.54) is 26.4 Å². The van der Waals surface area contributed by atoms with Gasteiger partial charge in [0.2, 0.25) is 0 Å². The Morgan fingerprint density at radius 1 is 1.05 bits per heavy atom. The van der Waals surface area contributed by atoms with Gasteiger partial charge in [0.15, 0.2) is 11.5 Å². The molecule has 11 heteroatoms. The molecule has 1 atom stereocenters. The molecule has 0 saturated carbocycles. The average Bonchev–Trinajstić information content (AvgIpc) is 2.33. The van der Waals surface area contributed by atoms with Crippen molar-refractivity contribution in [2.24, 2.45) is 0 Å². The second-order valence-electron chi connectivity index (χ2n) is 3.50. The lowest BCUT2D eigenvalue weighted by Gasteiger charge is -2.13. The predicted molar refractivity (Wildman–Crippen MR) is 67.3 cm³/mol. The monoisotopic (exact) mass is 328 g/mol. The molecular formula is C9H14O9P2. The number of ether oxygens (including phenoxy) is 2. The summed E-state index contributed by atoms with van der Waals surface area (Å²) in [5, 5.41) is 0. The van der Waals surface area contributed by atoms with Gasteiger partial charge in [0, 0.05) is 0 Å². The quantitative estimate of drug-likeness (QED) is 0.636. The van der Waals surface area contributed by atoms with Crippen LogP contribution in [0.4, 0.5) is 0 Å². The van der Waals surface area contributed by atoms with Crippen LogP contribution in [0.3, 0.4) is 0 Å². The highest BCUT2D eigenvalue weighted by Gasteiger charge is 2.32. The van der Waals surface area contributed by atoms with Gasteiger partial charge in [0.1, 0.15) is 0 Å². The summed E-state index contributed by atoms with van der Waals surface area (Å²) in [6, 6.07) is 4.55. The van der Waals surface area contributed by atoms with Gasteiger partial charge in [-0.2, -0.15) is 4.31 Å². The Hall–Kier alpha value is -0.920. The number of rotatable bonds is 7. The molecule has 0 bridgehead atoms. The molecule has 9 nitrogen and oxygen atoms in total. The zero-order valence-corrected chi connectivity index (χ0v) is 12.4. The minimum absolute atomic E-state index is 0.372. The van der Waals surface area contributed by atoms with E-state index in [2.05, 4.69) is 8.83 Å². The Morgan fingerprint density at radius 3 is 2.15 bits per heavy atom. The molecule has 1 aromatic rings. The van der Waals surface area contributed by atoms with Crippen LogP contribution >= 0.6 is 15.6 Å². The normalized spacial score (nSPS) is 14.7. The lowest BCUT2D eigenvalue weighted by molar-refractivity contribution is 0.172. The van der Waals surface area contributed by atoms with Crippen LogP contribution in [-0.2, 0) is 24.6 Å². The van der Waals surface area contributed by atoms with Crippen LogP contribution in [-0.4, -0.2) is 28.9 Å². The van der Waals surface area contributed by atoms with Crippen LogP contribution in [0.2, 0.25) is 0 Å². The van der Waals surface area contributed by atoms with Crippen LogP contribution in [0, 0.1) is 0 Å². The number of phosphoric acid groups is 2. The van der Waals surface area contributed by atoms with Crippen molar-refractivity contribution in [3.8, 4) is 11.5 Å². The fourth-order valence-corrected chi connectivity index (χ4v) is 2.86. The molecule has 0 fully saturated rings. The third kappa shape index (κ3) is 5.60. The number of methoxy groups -OCH3 is 2. The SMILES string of the molecule is COc1ccc(COP(=O)(O)OP(=O)(O)O)cc1OC. The molecule has 0 aromatic heterocycles. The van der Waals surface area contributed by atoms with E-state index in [0.717, 1.165) is 0 Å². The van der Waals surface area contributed by atoms with E-state index in [4.69, 9.17) is 24.2 Å². The first-order valence-electron chi connectivity index (χ1n) is 5.12. The Bertz CT molecular complexity index is 552. The number of hydrogen-bond acceptors (Lipinski definition) is 6. The number of hydrogen-bond donors (Lipinski definition) is 3. The van der Waals surface area contributed by atoms with Gasteiger partial charge >= 0.3 is 15.6 Å². The van der Waals surface area contributed by atoms with Crippen molar-refractivity contribution in [3.63, 3.8) is 0 Å². The summed E-state index contributed by atoms with van der Waals surface area (Å²) < 4.78 is 39.8. The predicted octanol–water partition coefficient (Wildman–Crippen LogP) is 1.43. The van der Waals surface area contributed by atoms with Gasteiger partial charge in [0.05, 0.1) is 20.8 Å². The molecule has 1 unspecified atom stereocenters. The summed E-state index contributed by atoms with van der Waals surface area (Å²) >= 11 is 0. The van der Waals surface area contributed by atoms with E-state index in [1.54, 1.807) is 6.07 Å². The van der Waals surface area contributed by atoms with Crippen molar-refractivity contribution < 1.29 is 42.1 Å². The number of phosphoric ester groups is 1. The van der Waals surface area contributed by atoms with Crippen molar-refractivity contribution in [3.05, 3.63) is 23.8 Å². The van der Waals surface area contributed by atoms with Gasteiger partial charge in [-0.3, -0.25) is 4.52 Å². The molecule has 0 aliphatic carbocycles. The molecule has 3 N–H and O–H groups in total. The zero-order valence-electron chi connectivity index (χ0n) is 10.6.